The van der Waals surface area contributed by atoms with E-state index in [1.807, 2.05) is 19.9 Å². The maximum absolute atomic E-state index is 13.6. The van der Waals surface area contributed by atoms with Gasteiger partial charge in [-0.05, 0) is 44.9 Å². The van der Waals surface area contributed by atoms with E-state index in [9.17, 15) is 20.1 Å². The summed E-state index contributed by atoms with van der Waals surface area (Å²) in [6.45, 7) is 9.34. The number of phenols is 2. The van der Waals surface area contributed by atoms with Crippen LogP contribution in [-0.2, 0) is 12.8 Å². The molecular weight excluding hydrogens is 408 g/mol. The van der Waals surface area contributed by atoms with Crippen LogP contribution in [0.4, 0.5) is 0 Å². The second-order valence-electron chi connectivity index (χ2n) is 8.12. The van der Waals surface area contributed by atoms with Crippen LogP contribution in [-0.4, -0.2) is 28.5 Å². The number of fused-ring (bicyclic) bond motifs is 1. The van der Waals surface area contributed by atoms with E-state index in [2.05, 4.69) is 6.58 Å². The van der Waals surface area contributed by atoms with E-state index in [0.29, 0.717) is 34.2 Å². The van der Waals surface area contributed by atoms with Crippen LogP contribution in [0.1, 0.15) is 31.9 Å². The van der Waals surface area contributed by atoms with Crippen molar-refractivity contribution in [3.63, 3.8) is 0 Å². The molecule has 6 heteroatoms. The van der Waals surface area contributed by atoms with Crippen molar-refractivity contribution in [3.8, 4) is 28.4 Å². The normalized spacial score (nSPS) is 11.9. The van der Waals surface area contributed by atoms with Gasteiger partial charge in [-0.25, -0.2) is 0 Å². The minimum Gasteiger partial charge on any atom is -0.508 e. The molecule has 2 aromatic carbocycles. The van der Waals surface area contributed by atoms with E-state index in [1.165, 1.54) is 25.5 Å². The molecular formula is C26H28O6. The van der Waals surface area contributed by atoms with Crippen molar-refractivity contribution >= 4 is 11.0 Å². The lowest BCUT2D eigenvalue weighted by Gasteiger charge is -2.19. The Morgan fingerprint density at radius 2 is 1.81 bits per heavy atom. The van der Waals surface area contributed by atoms with Gasteiger partial charge in [0, 0.05) is 17.5 Å². The maximum atomic E-state index is 13.6. The Hall–Kier alpha value is -3.51. The van der Waals surface area contributed by atoms with Gasteiger partial charge in [0.05, 0.1) is 18.8 Å². The molecule has 0 fully saturated rings. The van der Waals surface area contributed by atoms with E-state index in [0.717, 1.165) is 5.57 Å². The molecule has 1 aromatic heterocycles. The predicted octanol–water partition coefficient (Wildman–Crippen LogP) is 4.87. The number of rotatable bonds is 7. The number of aromatic hydroxyl groups is 2. The van der Waals surface area contributed by atoms with E-state index < -0.39 is 6.10 Å². The van der Waals surface area contributed by atoms with Crippen molar-refractivity contribution in [2.45, 2.75) is 39.7 Å². The topological polar surface area (TPSA) is 100 Å². The fourth-order valence-corrected chi connectivity index (χ4v) is 3.56. The molecule has 3 N–H and O–H groups in total. The van der Waals surface area contributed by atoms with Crippen LogP contribution in [0.2, 0.25) is 0 Å². The molecule has 0 radical (unpaired) electrons. The van der Waals surface area contributed by atoms with Crippen LogP contribution in [0.25, 0.3) is 22.1 Å². The molecule has 0 saturated heterocycles. The molecule has 3 rings (SSSR count). The van der Waals surface area contributed by atoms with Crippen LogP contribution in [0.5, 0.6) is 17.2 Å². The maximum Gasteiger partial charge on any atom is 0.204 e. The van der Waals surface area contributed by atoms with Gasteiger partial charge in [0.2, 0.25) is 5.43 Å². The summed E-state index contributed by atoms with van der Waals surface area (Å²) in [4.78, 5) is 13.6. The number of ether oxygens (including phenoxy) is 1. The number of methoxy groups -OCH3 is 1. The third kappa shape index (κ3) is 4.41. The zero-order valence-corrected chi connectivity index (χ0v) is 18.7. The van der Waals surface area contributed by atoms with Crippen molar-refractivity contribution in [2.75, 3.05) is 7.11 Å². The summed E-state index contributed by atoms with van der Waals surface area (Å²) in [5, 5.41) is 31.3. The smallest absolute Gasteiger partial charge is 0.204 e. The van der Waals surface area contributed by atoms with Gasteiger partial charge in [0.25, 0.3) is 0 Å². The van der Waals surface area contributed by atoms with Crippen LogP contribution in [0.15, 0.2) is 63.5 Å². The fourth-order valence-electron chi connectivity index (χ4n) is 3.56. The van der Waals surface area contributed by atoms with Gasteiger partial charge in [0.1, 0.15) is 34.5 Å². The standard InChI is InChI=1S/C26H28O6/c1-14(2)6-11-18-23(29)19(12-21(28)15(3)4)25(31-5)22-24(30)20(13-32-26(18)22)16-7-9-17(27)10-8-16/h6-10,13,21,27-29H,3,11-12H2,1-2,4-5H3. The van der Waals surface area contributed by atoms with Gasteiger partial charge >= 0.3 is 0 Å². The van der Waals surface area contributed by atoms with Crippen molar-refractivity contribution in [1.29, 1.82) is 0 Å². The Balaban J connectivity index is 2.39. The Morgan fingerprint density at radius 1 is 1.16 bits per heavy atom. The summed E-state index contributed by atoms with van der Waals surface area (Å²) in [7, 11) is 1.41. The third-order valence-electron chi connectivity index (χ3n) is 5.40. The molecule has 3 aromatic rings. The highest BCUT2D eigenvalue weighted by molar-refractivity contribution is 5.93. The molecule has 0 aliphatic heterocycles. The lowest BCUT2D eigenvalue weighted by Crippen LogP contribution is -2.15. The molecule has 0 aliphatic carbocycles. The summed E-state index contributed by atoms with van der Waals surface area (Å²) in [5.74, 6) is 0.169. The zero-order chi connectivity index (χ0) is 23.6. The average Bonchev–Trinajstić information content (AvgIpc) is 2.74. The molecule has 6 nitrogen and oxygen atoms in total. The largest absolute Gasteiger partial charge is 0.508 e. The molecule has 1 atom stereocenters. The molecule has 0 bridgehead atoms. The Morgan fingerprint density at radius 3 is 2.38 bits per heavy atom. The number of hydrogen-bond acceptors (Lipinski definition) is 6. The van der Waals surface area contributed by atoms with Gasteiger partial charge in [-0.1, -0.05) is 35.9 Å². The number of hydrogen-bond donors (Lipinski definition) is 3. The molecule has 0 spiro atoms. The van der Waals surface area contributed by atoms with Crippen molar-refractivity contribution in [1.82, 2.24) is 0 Å². The third-order valence-corrected chi connectivity index (χ3v) is 5.40. The van der Waals surface area contributed by atoms with Gasteiger partial charge in [0.15, 0.2) is 0 Å². The highest BCUT2D eigenvalue weighted by Crippen LogP contribution is 2.41. The van der Waals surface area contributed by atoms with Crippen molar-refractivity contribution in [2.24, 2.45) is 0 Å². The molecule has 1 unspecified atom stereocenters. The van der Waals surface area contributed by atoms with E-state index in [1.54, 1.807) is 19.1 Å². The van der Waals surface area contributed by atoms with Crippen molar-refractivity contribution < 1.29 is 24.5 Å². The number of benzene rings is 2. The highest BCUT2D eigenvalue weighted by Gasteiger charge is 2.26. The molecule has 0 saturated carbocycles. The molecule has 1 heterocycles. The summed E-state index contributed by atoms with van der Waals surface area (Å²) < 4.78 is 11.5. The van der Waals surface area contributed by atoms with Crippen LogP contribution in [0, 0.1) is 0 Å². The van der Waals surface area contributed by atoms with Crippen LogP contribution >= 0.6 is 0 Å². The molecule has 0 aliphatic rings. The number of aliphatic hydroxyl groups excluding tert-OH is 1. The number of phenolic OH excluding ortho intramolecular Hbond substituents is 2. The van der Waals surface area contributed by atoms with Crippen molar-refractivity contribution in [3.05, 3.63) is 75.7 Å². The Labute approximate surface area is 186 Å². The first-order valence-corrected chi connectivity index (χ1v) is 10.3. The highest BCUT2D eigenvalue weighted by atomic mass is 16.5. The first-order valence-electron chi connectivity index (χ1n) is 10.3. The Kier molecular flexibility index (Phi) is 6.75. The number of aliphatic hydroxyl groups is 1. The van der Waals surface area contributed by atoms with E-state index in [4.69, 9.17) is 9.15 Å². The summed E-state index contributed by atoms with van der Waals surface area (Å²) >= 11 is 0. The van der Waals surface area contributed by atoms with Gasteiger partial charge in [-0.15, -0.1) is 0 Å². The quantitative estimate of drug-likeness (QED) is 0.457. The van der Waals surface area contributed by atoms with Crippen LogP contribution < -0.4 is 10.2 Å². The summed E-state index contributed by atoms with van der Waals surface area (Å²) in [6.07, 6.45) is 2.73. The van der Waals surface area contributed by atoms with E-state index in [-0.39, 0.29) is 40.1 Å². The van der Waals surface area contributed by atoms with Gasteiger partial charge in [-0.3, -0.25) is 4.79 Å². The minimum absolute atomic E-state index is 0.0327. The monoisotopic (exact) mass is 436 g/mol. The summed E-state index contributed by atoms with van der Waals surface area (Å²) in [6, 6.07) is 6.22. The second-order valence-corrected chi connectivity index (χ2v) is 8.12. The van der Waals surface area contributed by atoms with Crippen LogP contribution in [0.3, 0.4) is 0 Å². The minimum atomic E-state index is -0.920. The molecule has 0 amide bonds. The lowest BCUT2D eigenvalue weighted by molar-refractivity contribution is 0.209. The molecule has 168 valence electrons. The number of allylic oxidation sites excluding steroid dienone is 2. The SMILES string of the molecule is C=C(C)C(O)Cc1c(O)c(CC=C(C)C)c2occ(-c3ccc(O)cc3)c(=O)c2c1OC. The lowest BCUT2D eigenvalue weighted by atomic mass is 9.93. The van der Waals surface area contributed by atoms with Gasteiger partial charge in [-0.2, -0.15) is 0 Å². The predicted molar refractivity (Wildman–Crippen MR) is 125 cm³/mol. The zero-order valence-electron chi connectivity index (χ0n) is 18.7. The average molecular weight is 437 g/mol. The first kappa shape index (κ1) is 23.2. The van der Waals surface area contributed by atoms with E-state index >= 15 is 0 Å². The fraction of sp³-hybridized carbons (Fsp3) is 0.269. The van der Waals surface area contributed by atoms with Gasteiger partial charge < -0.3 is 24.5 Å². The second kappa shape index (κ2) is 9.32. The first-order chi connectivity index (χ1) is 15.1. The molecule has 32 heavy (non-hydrogen) atoms. The summed E-state index contributed by atoms with van der Waals surface area (Å²) in [5.41, 5.74) is 3.10. The Bertz CT molecular complexity index is 1240.